The van der Waals surface area contributed by atoms with Gasteiger partial charge in [0.2, 0.25) is 0 Å². The molecule has 5 nitrogen and oxygen atoms in total. The largest absolute Gasteiger partial charge is 0.511 e. The lowest BCUT2D eigenvalue weighted by molar-refractivity contribution is -0.127. The normalized spacial score (nSPS) is 34.1. The van der Waals surface area contributed by atoms with Crippen LogP contribution in [0.1, 0.15) is 51.9 Å². The maximum Gasteiger partial charge on any atom is 0.170 e. The molecule has 2 aliphatic rings. The Morgan fingerprint density at radius 2 is 1.67 bits per heavy atom. The summed E-state index contributed by atoms with van der Waals surface area (Å²) in [5, 5.41) is 29.2. The molecule has 0 radical (unpaired) electrons. The third-order valence-corrected chi connectivity index (χ3v) is 4.72. The molecule has 2 aliphatic carbocycles. The van der Waals surface area contributed by atoms with E-state index in [2.05, 4.69) is 0 Å². The first-order valence-corrected chi connectivity index (χ1v) is 7.78. The first-order valence-electron chi connectivity index (χ1n) is 7.78. The maximum atomic E-state index is 12.2. The van der Waals surface area contributed by atoms with E-state index in [9.17, 15) is 24.9 Å². The topological polar surface area (TPSA) is 94.8 Å². The number of aliphatic hydroxyl groups excluding tert-OH is 3. The standard InChI is InChI=1S/C16H24O5/c1-2-3-12(18)16-14(20)7-10(8-15(16)21)9-4-5-11(17)13(19)6-9/h9-11,13,17-19H,2-8H2,1H3. The third kappa shape index (κ3) is 3.52. The van der Waals surface area contributed by atoms with Gasteiger partial charge in [-0.1, -0.05) is 6.92 Å². The highest BCUT2D eigenvalue weighted by Gasteiger charge is 2.39. The Balaban J connectivity index is 2.07. The SMILES string of the molecule is CCCC(O)=C1C(=O)CC(C2CCC(O)C(O)C2)CC1=O. The number of Topliss-reactive ketones (excluding diaryl/α,β-unsaturated/α-hetero) is 2. The molecule has 0 aliphatic heterocycles. The molecular formula is C16H24O5. The van der Waals surface area contributed by atoms with Gasteiger partial charge in [-0.15, -0.1) is 0 Å². The van der Waals surface area contributed by atoms with Crippen molar-refractivity contribution in [3.05, 3.63) is 11.3 Å². The molecule has 0 bridgehead atoms. The van der Waals surface area contributed by atoms with E-state index in [4.69, 9.17) is 0 Å². The van der Waals surface area contributed by atoms with Crippen LogP contribution in [0, 0.1) is 11.8 Å². The van der Waals surface area contributed by atoms with Crippen LogP contribution in [-0.2, 0) is 9.59 Å². The summed E-state index contributed by atoms with van der Waals surface area (Å²) in [6.45, 7) is 1.88. The second-order valence-corrected chi connectivity index (χ2v) is 6.29. The molecule has 2 fully saturated rings. The zero-order chi connectivity index (χ0) is 15.6. The van der Waals surface area contributed by atoms with E-state index >= 15 is 0 Å². The van der Waals surface area contributed by atoms with Gasteiger partial charge in [-0.25, -0.2) is 0 Å². The first-order chi connectivity index (χ1) is 9.93. The van der Waals surface area contributed by atoms with Gasteiger partial charge in [-0.05, 0) is 37.5 Å². The zero-order valence-corrected chi connectivity index (χ0v) is 12.4. The fraction of sp³-hybridized carbons (Fsp3) is 0.750. The van der Waals surface area contributed by atoms with Crippen molar-refractivity contribution in [2.24, 2.45) is 11.8 Å². The van der Waals surface area contributed by atoms with E-state index in [0.29, 0.717) is 25.7 Å². The molecule has 0 spiro atoms. The van der Waals surface area contributed by atoms with Crippen molar-refractivity contribution < 1.29 is 24.9 Å². The molecule has 0 saturated heterocycles. The van der Waals surface area contributed by atoms with Crippen molar-refractivity contribution in [2.75, 3.05) is 0 Å². The minimum atomic E-state index is -0.764. The van der Waals surface area contributed by atoms with Crippen LogP contribution in [0.2, 0.25) is 0 Å². The number of rotatable bonds is 3. The predicted molar refractivity (Wildman–Crippen MR) is 76.7 cm³/mol. The number of ketones is 2. The van der Waals surface area contributed by atoms with Gasteiger partial charge in [-0.2, -0.15) is 0 Å². The molecule has 3 atom stereocenters. The van der Waals surface area contributed by atoms with E-state index in [1.807, 2.05) is 6.92 Å². The van der Waals surface area contributed by atoms with E-state index in [0.717, 1.165) is 6.42 Å². The van der Waals surface area contributed by atoms with Crippen molar-refractivity contribution in [3.8, 4) is 0 Å². The zero-order valence-electron chi connectivity index (χ0n) is 12.4. The molecule has 118 valence electrons. The summed E-state index contributed by atoms with van der Waals surface area (Å²) in [4.78, 5) is 24.3. The lowest BCUT2D eigenvalue weighted by atomic mass is 9.70. The fourth-order valence-corrected chi connectivity index (χ4v) is 3.52. The van der Waals surface area contributed by atoms with Crippen LogP contribution in [0.4, 0.5) is 0 Å². The van der Waals surface area contributed by atoms with Crippen LogP contribution in [-0.4, -0.2) is 39.1 Å². The fourth-order valence-electron chi connectivity index (χ4n) is 3.52. The Morgan fingerprint density at radius 1 is 1.05 bits per heavy atom. The highest BCUT2D eigenvalue weighted by atomic mass is 16.3. The molecular weight excluding hydrogens is 272 g/mol. The van der Waals surface area contributed by atoms with Gasteiger partial charge >= 0.3 is 0 Å². The predicted octanol–water partition coefficient (Wildman–Crippen LogP) is 1.67. The summed E-state index contributed by atoms with van der Waals surface area (Å²) in [6.07, 6.45) is 1.76. The van der Waals surface area contributed by atoms with Crippen LogP contribution in [0.5, 0.6) is 0 Å². The third-order valence-electron chi connectivity index (χ3n) is 4.72. The molecule has 2 saturated carbocycles. The second kappa shape index (κ2) is 6.71. The Labute approximate surface area is 124 Å². The highest BCUT2D eigenvalue weighted by Crippen LogP contribution is 2.38. The quantitative estimate of drug-likeness (QED) is 0.418. The molecule has 3 N–H and O–H groups in total. The van der Waals surface area contributed by atoms with Crippen LogP contribution in [0.25, 0.3) is 0 Å². The average molecular weight is 296 g/mol. The van der Waals surface area contributed by atoms with E-state index in [1.54, 1.807) is 0 Å². The van der Waals surface area contributed by atoms with E-state index in [1.165, 1.54) is 0 Å². The molecule has 0 aromatic carbocycles. The Hall–Kier alpha value is -1.20. The molecule has 2 rings (SSSR count). The van der Waals surface area contributed by atoms with Crippen LogP contribution < -0.4 is 0 Å². The molecule has 0 aromatic heterocycles. The lowest BCUT2D eigenvalue weighted by Gasteiger charge is -2.36. The van der Waals surface area contributed by atoms with Crippen molar-refractivity contribution in [3.63, 3.8) is 0 Å². The van der Waals surface area contributed by atoms with Crippen molar-refractivity contribution >= 4 is 11.6 Å². The van der Waals surface area contributed by atoms with Crippen molar-refractivity contribution in [1.29, 1.82) is 0 Å². The molecule has 0 heterocycles. The minimum Gasteiger partial charge on any atom is -0.511 e. The summed E-state index contributed by atoms with van der Waals surface area (Å²) in [5.74, 6) is -0.618. The van der Waals surface area contributed by atoms with E-state index in [-0.39, 0.29) is 47.6 Å². The summed E-state index contributed by atoms with van der Waals surface area (Å²) in [5.41, 5.74) is -0.00973. The molecule has 5 heteroatoms. The van der Waals surface area contributed by atoms with Crippen LogP contribution >= 0.6 is 0 Å². The summed E-state index contributed by atoms with van der Waals surface area (Å²) < 4.78 is 0. The number of carbonyl (C=O) groups excluding carboxylic acids is 2. The van der Waals surface area contributed by atoms with Crippen molar-refractivity contribution in [1.82, 2.24) is 0 Å². The maximum absolute atomic E-state index is 12.2. The highest BCUT2D eigenvalue weighted by molar-refractivity contribution is 6.22. The van der Waals surface area contributed by atoms with Crippen LogP contribution in [0.3, 0.4) is 0 Å². The van der Waals surface area contributed by atoms with Crippen molar-refractivity contribution in [2.45, 2.75) is 64.1 Å². The Bertz CT molecular complexity index is 434. The molecule has 0 aromatic rings. The monoisotopic (exact) mass is 296 g/mol. The number of aliphatic hydroxyl groups is 3. The number of hydrogen-bond acceptors (Lipinski definition) is 5. The van der Waals surface area contributed by atoms with Gasteiger partial charge in [0.15, 0.2) is 11.6 Å². The minimum absolute atomic E-state index is 0.00973. The number of carbonyl (C=O) groups is 2. The number of allylic oxidation sites excluding steroid dienone is 2. The van der Waals surface area contributed by atoms with Gasteiger partial charge in [0, 0.05) is 19.3 Å². The second-order valence-electron chi connectivity index (χ2n) is 6.29. The molecule has 3 unspecified atom stereocenters. The van der Waals surface area contributed by atoms with E-state index < -0.39 is 12.2 Å². The van der Waals surface area contributed by atoms with Gasteiger partial charge < -0.3 is 15.3 Å². The van der Waals surface area contributed by atoms with Gasteiger partial charge in [0.1, 0.15) is 5.76 Å². The summed E-state index contributed by atoms with van der Waals surface area (Å²) in [6, 6.07) is 0. The summed E-state index contributed by atoms with van der Waals surface area (Å²) >= 11 is 0. The smallest absolute Gasteiger partial charge is 0.170 e. The Kier molecular flexibility index (Phi) is 5.17. The van der Waals surface area contributed by atoms with Crippen LogP contribution in [0.15, 0.2) is 11.3 Å². The molecule has 0 amide bonds. The van der Waals surface area contributed by atoms with Gasteiger partial charge in [0.05, 0.1) is 17.8 Å². The number of hydrogen-bond donors (Lipinski definition) is 3. The van der Waals surface area contributed by atoms with Gasteiger partial charge in [0.25, 0.3) is 0 Å². The van der Waals surface area contributed by atoms with Gasteiger partial charge in [-0.3, -0.25) is 9.59 Å². The summed E-state index contributed by atoms with van der Waals surface area (Å²) in [7, 11) is 0. The Morgan fingerprint density at radius 3 is 2.19 bits per heavy atom. The average Bonchev–Trinajstić information content (AvgIpc) is 2.41. The first kappa shape index (κ1) is 16.2. The molecule has 21 heavy (non-hydrogen) atoms. The lowest BCUT2D eigenvalue weighted by Crippen LogP contribution is -2.39.